The van der Waals surface area contributed by atoms with E-state index < -0.39 is 0 Å². The molecule has 5 rings (SSSR count). The van der Waals surface area contributed by atoms with Crippen molar-refractivity contribution in [2.24, 2.45) is 5.41 Å². The quantitative estimate of drug-likeness (QED) is 0.606. The van der Waals surface area contributed by atoms with Crippen molar-refractivity contribution in [3.05, 3.63) is 75.2 Å². The van der Waals surface area contributed by atoms with Crippen LogP contribution in [0.25, 0.3) is 11.6 Å². The van der Waals surface area contributed by atoms with Gasteiger partial charge in [0, 0.05) is 11.8 Å². The summed E-state index contributed by atoms with van der Waals surface area (Å²) in [5.41, 5.74) is 9.13. The molecule has 2 aromatic rings. The molecule has 0 N–H and O–H groups in total. The van der Waals surface area contributed by atoms with Crippen molar-refractivity contribution in [2.75, 3.05) is 7.11 Å². The normalized spacial score (nSPS) is 21.7. The van der Waals surface area contributed by atoms with Crippen LogP contribution in [0.15, 0.2) is 52.9 Å². The van der Waals surface area contributed by atoms with Crippen molar-refractivity contribution in [1.29, 1.82) is 0 Å². The number of allylic oxidation sites excluding steroid dienone is 2. The van der Waals surface area contributed by atoms with Gasteiger partial charge in [-0.1, -0.05) is 50.3 Å². The molecule has 0 saturated carbocycles. The Labute approximate surface area is 160 Å². The van der Waals surface area contributed by atoms with E-state index in [1.807, 2.05) is 0 Å². The van der Waals surface area contributed by atoms with Gasteiger partial charge in [0.1, 0.15) is 5.75 Å². The van der Waals surface area contributed by atoms with Crippen LogP contribution in [0.1, 0.15) is 54.2 Å². The van der Waals surface area contributed by atoms with Crippen molar-refractivity contribution < 1.29 is 4.74 Å². The van der Waals surface area contributed by atoms with E-state index in [0.29, 0.717) is 5.25 Å². The number of ether oxygens (including phenoxy) is 1. The zero-order valence-electron chi connectivity index (χ0n) is 15.6. The van der Waals surface area contributed by atoms with Crippen LogP contribution in [-0.4, -0.2) is 7.11 Å². The SMILES string of the molecule is CCC1(CC)C2=Cc3ccccc3C2SC2=C1c1cc(OC)ccc1C2. The molecule has 0 amide bonds. The van der Waals surface area contributed by atoms with E-state index in [0.717, 1.165) is 25.0 Å². The molecule has 2 heteroatoms. The molecule has 1 aliphatic heterocycles. The first kappa shape index (κ1) is 16.3. The number of hydrogen-bond donors (Lipinski definition) is 0. The largest absolute Gasteiger partial charge is 0.497 e. The fraction of sp³-hybridized carbons (Fsp3) is 0.333. The van der Waals surface area contributed by atoms with Crippen molar-refractivity contribution >= 4 is 23.4 Å². The van der Waals surface area contributed by atoms with E-state index in [4.69, 9.17) is 4.74 Å². The number of hydrogen-bond acceptors (Lipinski definition) is 2. The van der Waals surface area contributed by atoms with Gasteiger partial charge in [-0.15, -0.1) is 11.8 Å². The third-order valence-electron chi connectivity index (χ3n) is 6.59. The molecule has 132 valence electrons. The molecule has 1 nitrogen and oxygen atoms in total. The lowest BCUT2D eigenvalue weighted by atomic mass is 9.67. The highest BCUT2D eigenvalue weighted by molar-refractivity contribution is 8.03. The molecule has 0 bridgehead atoms. The smallest absolute Gasteiger partial charge is 0.119 e. The Morgan fingerprint density at radius 1 is 1.12 bits per heavy atom. The molecule has 1 atom stereocenters. The van der Waals surface area contributed by atoms with Crippen LogP contribution in [0.2, 0.25) is 0 Å². The van der Waals surface area contributed by atoms with Gasteiger partial charge in [0.25, 0.3) is 0 Å². The number of methoxy groups -OCH3 is 1. The van der Waals surface area contributed by atoms with E-state index in [1.54, 1.807) is 23.2 Å². The summed E-state index contributed by atoms with van der Waals surface area (Å²) in [6.45, 7) is 4.73. The van der Waals surface area contributed by atoms with Crippen LogP contribution in [0.4, 0.5) is 0 Å². The van der Waals surface area contributed by atoms with Gasteiger partial charge in [0.2, 0.25) is 0 Å². The molecule has 0 saturated heterocycles. The lowest BCUT2D eigenvalue weighted by Crippen LogP contribution is -2.28. The van der Waals surface area contributed by atoms with Gasteiger partial charge in [-0.05, 0) is 63.3 Å². The molecular formula is C24H24OS. The molecule has 1 unspecified atom stereocenters. The Hall–Kier alpha value is -1.93. The number of rotatable bonds is 3. The summed E-state index contributed by atoms with van der Waals surface area (Å²) >= 11 is 2.09. The third kappa shape index (κ3) is 2.00. The average molecular weight is 361 g/mol. The van der Waals surface area contributed by atoms with Crippen molar-refractivity contribution in [3.63, 3.8) is 0 Å². The maximum Gasteiger partial charge on any atom is 0.119 e. The van der Waals surface area contributed by atoms with Crippen LogP contribution >= 0.6 is 11.8 Å². The Bertz CT molecular complexity index is 962. The molecule has 0 radical (unpaired) electrons. The lowest BCUT2D eigenvalue weighted by Gasteiger charge is -2.43. The van der Waals surface area contributed by atoms with E-state index in [2.05, 4.69) is 74.1 Å². The predicted molar refractivity (Wildman–Crippen MR) is 111 cm³/mol. The van der Waals surface area contributed by atoms with Crippen LogP contribution in [0.3, 0.4) is 0 Å². The summed E-state index contributed by atoms with van der Waals surface area (Å²) in [5.74, 6) is 0.967. The lowest BCUT2D eigenvalue weighted by molar-refractivity contribution is 0.413. The van der Waals surface area contributed by atoms with Gasteiger partial charge in [0.05, 0.1) is 12.4 Å². The molecule has 2 aromatic carbocycles. The maximum atomic E-state index is 5.55. The second-order valence-electron chi connectivity index (χ2n) is 7.51. The van der Waals surface area contributed by atoms with Gasteiger partial charge < -0.3 is 4.74 Å². The molecule has 0 spiro atoms. The maximum absolute atomic E-state index is 5.55. The highest BCUT2D eigenvalue weighted by Crippen LogP contribution is 2.67. The minimum absolute atomic E-state index is 0.141. The van der Waals surface area contributed by atoms with Crippen molar-refractivity contribution in [3.8, 4) is 5.75 Å². The Morgan fingerprint density at radius 2 is 1.92 bits per heavy atom. The van der Waals surface area contributed by atoms with Crippen LogP contribution in [0.5, 0.6) is 5.75 Å². The van der Waals surface area contributed by atoms with Gasteiger partial charge >= 0.3 is 0 Å². The zero-order chi connectivity index (χ0) is 17.9. The van der Waals surface area contributed by atoms with Gasteiger partial charge in [-0.2, -0.15) is 0 Å². The summed E-state index contributed by atoms with van der Waals surface area (Å²) in [7, 11) is 1.76. The molecule has 26 heavy (non-hydrogen) atoms. The number of fused-ring (bicyclic) bond motifs is 5. The van der Waals surface area contributed by atoms with Gasteiger partial charge in [0.15, 0.2) is 0 Å². The van der Waals surface area contributed by atoms with Crippen molar-refractivity contribution in [1.82, 2.24) is 0 Å². The summed E-state index contributed by atoms with van der Waals surface area (Å²) in [4.78, 5) is 1.58. The molecule has 2 aliphatic carbocycles. The monoisotopic (exact) mass is 360 g/mol. The molecule has 3 aliphatic rings. The second-order valence-corrected chi connectivity index (χ2v) is 8.71. The topological polar surface area (TPSA) is 9.23 Å². The fourth-order valence-corrected chi connectivity index (χ4v) is 6.92. The molecule has 0 aromatic heterocycles. The first-order chi connectivity index (χ1) is 12.7. The van der Waals surface area contributed by atoms with Crippen LogP contribution in [-0.2, 0) is 6.42 Å². The highest BCUT2D eigenvalue weighted by Gasteiger charge is 2.49. The first-order valence-corrected chi connectivity index (χ1v) is 10.5. The standard InChI is InChI=1S/C24H24OS/c1-4-24(5-2)20-12-15-8-6-7-9-18(15)23(20)26-21-13-16-10-11-17(25-3)14-19(16)22(21)24/h6-12,14,23H,4-5,13H2,1-3H3. The molecule has 1 heterocycles. The van der Waals surface area contributed by atoms with Crippen LogP contribution < -0.4 is 4.74 Å². The second kappa shape index (κ2) is 5.79. The van der Waals surface area contributed by atoms with E-state index in [9.17, 15) is 0 Å². The summed E-state index contributed by atoms with van der Waals surface area (Å²) in [6, 6.07) is 15.6. The van der Waals surface area contributed by atoms with Crippen molar-refractivity contribution in [2.45, 2.75) is 38.4 Å². The van der Waals surface area contributed by atoms with E-state index in [1.165, 1.54) is 22.3 Å². The predicted octanol–water partition coefficient (Wildman–Crippen LogP) is 6.65. The molecule has 0 fully saturated rings. The summed E-state index contributed by atoms with van der Waals surface area (Å²) < 4.78 is 5.55. The minimum Gasteiger partial charge on any atom is -0.497 e. The third-order valence-corrected chi connectivity index (χ3v) is 7.96. The Morgan fingerprint density at radius 3 is 2.69 bits per heavy atom. The number of benzene rings is 2. The summed E-state index contributed by atoms with van der Waals surface area (Å²) in [6.07, 6.45) is 5.86. The van der Waals surface area contributed by atoms with E-state index >= 15 is 0 Å². The van der Waals surface area contributed by atoms with Gasteiger partial charge in [-0.3, -0.25) is 0 Å². The first-order valence-electron chi connectivity index (χ1n) is 9.60. The minimum atomic E-state index is 0.141. The highest BCUT2D eigenvalue weighted by atomic mass is 32.2. The molecular weight excluding hydrogens is 336 g/mol. The van der Waals surface area contributed by atoms with Crippen LogP contribution in [0, 0.1) is 5.41 Å². The van der Waals surface area contributed by atoms with E-state index in [-0.39, 0.29) is 5.41 Å². The zero-order valence-corrected chi connectivity index (χ0v) is 16.5. The van der Waals surface area contributed by atoms with Gasteiger partial charge in [-0.25, -0.2) is 0 Å². The summed E-state index contributed by atoms with van der Waals surface area (Å²) in [5, 5.41) is 0.487. The number of thioether (sulfide) groups is 1. The average Bonchev–Trinajstić information content (AvgIpc) is 3.24. The fourth-order valence-electron chi connectivity index (χ4n) is 5.21. The Kier molecular flexibility index (Phi) is 3.62. The Balaban J connectivity index is 1.74.